The number of hydrogen-bond donors (Lipinski definition) is 2. The molecule has 1 fully saturated rings. The quantitative estimate of drug-likeness (QED) is 0.655. The maximum absolute atomic E-state index is 14.2. The van der Waals surface area contributed by atoms with E-state index in [0.29, 0.717) is 23.7 Å². The summed E-state index contributed by atoms with van der Waals surface area (Å²) >= 11 is 0. The highest BCUT2D eigenvalue weighted by molar-refractivity contribution is 5.97. The summed E-state index contributed by atoms with van der Waals surface area (Å²) in [5.74, 6) is 4.52. The van der Waals surface area contributed by atoms with Crippen LogP contribution in [-0.4, -0.2) is 43.6 Å². The van der Waals surface area contributed by atoms with E-state index in [4.69, 9.17) is 15.2 Å². The molecule has 0 radical (unpaired) electrons. The molecule has 0 spiro atoms. The molecule has 5 atom stereocenters. The van der Waals surface area contributed by atoms with E-state index < -0.39 is 35.9 Å². The molecule has 2 aliphatic heterocycles. The predicted molar refractivity (Wildman–Crippen MR) is 125 cm³/mol. The number of nitrogens with two attached hydrogens (primary N) is 1. The van der Waals surface area contributed by atoms with Gasteiger partial charge in [0.15, 0.2) is 12.1 Å². The standard InChI is InChI=1S/C26H26FN3O4/c1-3-17-21(30-25(32)23(17)27)14-34-26-19-12-22(33-2)20(24(28)31)11-18(19)16(13-29-26)10-9-15-7-5-4-6-8-15/h4-8,11-13,17-19,21,23H,3,14H2,1-2H3,(H2,28,31)(H,30,32)/t17-,18?,19?,21+,23-/m0/s1. The largest absolute Gasteiger partial charge is 0.496 e. The van der Waals surface area contributed by atoms with Crippen LogP contribution in [0.3, 0.4) is 0 Å². The molecule has 0 saturated carbocycles. The molecule has 0 bridgehead atoms. The Labute approximate surface area is 197 Å². The molecular formula is C26H26FN3O4. The van der Waals surface area contributed by atoms with Gasteiger partial charge in [-0.15, -0.1) is 0 Å². The van der Waals surface area contributed by atoms with Crippen LogP contribution in [0.1, 0.15) is 18.9 Å². The fourth-order valence-corrected chi connectivity index (χ4v) is 4.43. The van der Waals surface area contributed by atoms with Crippen LogP contribution in [0.5, 0.6) is 0 Å². The second-order valence-electron chi connectivity index (χ2n) is 8.30. The van der Waals surface area contributed by atoms with Crippen LogP contribution in [-0.2, 0) is 19.1 Å². The molecular weight excluding hydrogens is 437 g/mol. The topological polar surface area (TPSA) is 103 Å². The lowest BCUT2D eigenvalue weighted by molar-refractivity contribution is -0.124. The van der Waals surface area contributed by atoms with E-state index in [1.54, 1.807) is 18.4 Å². The number of allylic oxidation sites excluding steroid dienone is 2. The molecule has 176 valence electrons. The summed E-state index contributed by atoms with van der Waals surface area (Å²) in [4.78, 5) is 28.3. The van der Waals surface area contributed by atoms with Crippen LogP contribution in [0.15, 0.2) is 70.6 Å². The molecule has 4 rings (SSSR count). The van der Waals surface area contributed by atoms with E-state index in [1.807, 2.05) is 37.3 Å². The van der Waals surface area contributed by atoms with E-state index in [-0.39, 0.29) is 18.1 Å². The Morgan fingerprint density at radius 1 is 1.21 bits per heavy atom. The number of amides is 2. The number of nitrogens with one attached hydrogen (secondary N) is 1. The van der Waals surface area contributed by atoms with Gasteiger partial charge in [0.25, 0.3) is 11.8 Å². The molecule has 2 unspecified atom stereocenters. The van der Waals surface area contributed by atoms with E-state index in [2.05, 4.69) is 22.2 Å². The summed E-state index contributed by atoms with van der Waals surface area (Å²) in [6, 6.07) is 9.06. The van der Waals surface area contributed by atoms with Crippen LogP contribution < -0.4 is 11.1 Å². The Kier molecular flexibility index (Phi) is 6.82. The summed E-state index contributed by atoms with van der Waals surface area (Å²) in [5, 5.41) is 2.66. The van der Waals surface area contributed by atoms with E-state index in [9.17, 15) is 14.0 Å². The van der Waals surface area contributed by atoms with Crippen LogP contribution in [0.4, 0.5) is 4.39 Å². The Balaban J connectivity index is 1.63. The molecule has 0 aromatic heterocycles. The van der Waals surface area contributed by atoms with Gasteiger partial charge in [-0.05, 0) is 24.6 Å². The van der Waals surface area contributed by atoms with Gasteiger partial charge in [0.2, 0.25) is 0 Å². The lowest BCUT2D eigenvalue weighted by Gasteiger charge is -2.31. The lowest BCUT2D eigenvalue weighted by Crippen LogP contribution is -2.38. The average Bonchev–Trinajstić information content (AvgIpc) is 3.13. The normalized spacial score (nSPS) is 27.6. The number of rotatable bonds is 5. The van der Waals surface area contributed by atoms with Crippen LogP contribution in [0.2, 0.25) is 0 Å². The van der Waals surface area contributed by atoms with Gasteiger partial charge in [0.05, 0.1) is 24.6 Å². The van der Waals surface area contributed by atoms with Gasteiger partial charge in [0.1, 0.15) is 12.4 Å². The number of alkyl halides is 1. The second kappa shape index (κ2) is 9.96. The minimum absolute atomic E-state index is 0.0775. The zero-order chi connectivity index (χ0) is 24.2. The van der Waals surface area contributed by atoms with E-state index in [1.165, 1.54) is 7.11 Å². The van der Waals surface area contributed by atoms with Crippen molar-refractivity contribution in [2.45, 2.75) is 25.6 Å². The molecule has 1 aliphatic carbocycles. The Morgan fingerprint density at radius 3 is 2.65 bits per heavy atom. The Morgan fingerprint density at radius 2 is 1.97 bits per heavy atom. The molecule has 7 nitrogen and oxygen atoms in total. The molecule has 1 saturated heterocycles. The smallest absolute Gasteiger partial charge is 0.255 e. The first-order valence-corrected chi connectivity index (χ1v) is 11.1. The van der Waals surface area contributed by atoms with Gasteiger partial charge in [-0.3, -0.25) is 9.59 Å². The van der Waals surface area contributed by atoms with Crippen molar-refractivity contribution in [1.29, 1.82) is 0 Å². The zero-order valence-electron chi connectivity index (χ0n) is 19.0. The number of carbonyl (C=O) groups is 2. The number of benzene rings is 1. The number of hydrogen-bond acceptors (Lipinski definition) is 5. The van der Waals surface area contributed by atoms with Crippen molar-refractivity contribution >= 4 is 17.7 Å². The average molecular weight is 464 g/mol. The molecule has 1 aromatic carbocycles. The molecule has 3 N–H and O–H groups in total. The van der Waals surface area contributed by atoms with Crippen molar-refractivity contribution < 1.29 is 23.5 Å². The highest BCUT2D eigenvalue weighted by Crippen LogP contribution is 2.37. The van der Waals surface area contributed by atoms with Crippen molar-refractivity contribution in [3.8, 4) is 11.8 Å². The third kappa shape index (κ3) is 4.60. The van der Waals surface area contributed by atoms with Gasteiger partial charge in [-0.2, -0.15) is 0 Å². The Bertz CT molecular complexity index is 1160. The van der Waals surface area contributed by atoms with Crippen molar-refractivity contribution in [1.82, 2.24) is 5.32 Å². The number of nitrogens with zero attached hydrogens (tertiary/aromatic N) is 1. The first-order chi connectivity index (χ1) is 16.4. The predicted octanol–water partition coefficient (Wildman–Crippen LogP) is 2.40. The third-order valence-corrected chi connectivity index (χ3v) is 6.27. The monoisotopic (exact) mass is 463 g/mol. The van der Waals surface area contributed by atoms with Crippen LogP contribution in [0, 0.1) is 29.6 Å². The number of methoxy groups -OCH3 is 1. The van der Waals surface area contributed by atoms with E-state index in [0.717, 1.165) is 5.56 Å². The summed E-state index contributed by atoms with van der Waals surface area (Å²) in [5.41, 5.74) is 7.37. The van der Waals surface area contributed by atoms with Crippen molar-refractivity contribution in [3.63, 3.8) is 0 Å². The maximum atomic E-state index is 14.2. The summed E-state index contributed by atoms with van der Waals surface area (Å²) in [7, 11) is 1.46. The summed E-state index contributed by atoms with van der Waals surface area (Å²) < 4.78 is 25.5. The molecule has 1 aromatic rings. The first kappa shape index (κ1) is 23.3. The van der Waals surface area contributed by atoms with Crippen molar-refractivity contribution in [3.05, 3.63) is 71.2 Å². The first-order valence-electron chi connectivity index (χ1n) is 11.1. The summed E-state index contributed by atoms with van der Waals surface area (Å²) in [6.45, 7) is 1.91. The second-order valence-corrected chi connectivity index (χ2v) is 8.30. The van der Waals surface area contributed by atoms with Gasteiger partial charge >= 0.3 is 0 Å². The Hall–Kier alpha value is -3.86. The molecule has 3 aliphatic rings. The summed E-state index contributed by atoms with van der Waals surface area (Å²) in [6.07, 6.45) is 4.03. The number of ether oxygens (including phenoxy) is 2. The molecule has 8 heteroatoms. The fourth-order valence-electron chi connectivity index (χ4n) is 4.43. The molecule has 34 heavy (non-hydrogen) atoms. The number of aliphatic imine (C=N–C) groups is 1. The van der Waals surface area contributed by atoms with Gasteiger partial charge in [0, 0.05) is 29.2 Å². The number of primary amides is 1. The third-order valence-electron chi connectivity index (χ3n) is 6.27. The number of carbonyl (C=O) groups excluding carboxylic acids is 2. The van der Waals surface area contributed by atoms with Gasteiger partial charge < -0.3 is 20.5 Å². The highest BCUT2D eigenvalue weighted by atomic mass is 19.1. The fraction of sp³-hybridized carbons (Fsp3) is 0.346. The van der Waals surface area contributed by atoms with E-state index >= 15 is 0 Å². The highest BCUT2D eigenvalue weighted by Gasteiger charge is 2.43. The SMILES string of the molecule is CC[C@@H]1[C@H](F)C(=O)N[C@@H]1COC1=NC=C(C#Cc2ccccc2)C2C=C(C(N)=O)C(OC)=CC12. The maximum Gasteiger partial charge on any atom is 0.255 e. The van der Waals surface area contributed by atoms with Gasteiger partial charge in [-0.1, -0.05) is 43.0 Å². The van der Waals surface area contributed by atoms with Gasteiger partial charge in [-0.25, -0.2) is 9.38 Å². The number of halogens is 1. The minimum atomic E-state index is -1.55. The molecule has 2 amide bonds. The lowest BCUT2D eigenvalue weighted by atomic mass is 9.78. The van der Waals surface area contributed by atoms with Crippen LogP contribution in [0.25, 0.3) is 0 Å². The van der Waals surface area contributed by atoms with Crippen LogP contribution >= 0.6 is 0 Å². The zero-order valence-corrected chi connectivity index (χ0v) is 19.0. The minimum Gasteiger partial charge on any atom is -0.496 e. The van der Waals surface area contributed by atoms with Crippen molar-refractivity contribution in [2.75, 3.05) is 13.7 Å². The van der Waals surface area contributed by atoms with Crippen molar-refractivity contribution in [2.24, 2.45) is 28.5 Å². The number of fused-ring (bicyclic) bond motifs is 1. The molecule has 2 heterocycles.